The molecule has 0 aromatic rings. The Bertz CT molecular complexity index is 214. The van der Waals surface area contributed by atoms with Gasteiger partial charge in [-0.1, -0.05) is 25.8 Å². The van der Waals surface area contributed by atoms with E-state index in [4.69, 9.17) is 0 Å². The van der Waals surface area contributed by atoms with Gasteiger partial charge in [0.15, 0.2) is 0 Å². The molecule has 0 rings (SSSR count). The van der Waals surface area contributed by atoms with E-state index in [9.17, 15) is 8.78 Å². The Morgan fingerprint density at radius 3 is 2.36 bits per heavy atom. The zero-order valence-corrected chi connectivity index (χ0v) is 8.73. The standard InChI is InChI=1S/C12H18F2/c1-3-5-6-8-12(14)10-9-11(13)7-4-2/h4,9-10H,2-3,5-8H2,1H3/b11-9-,12-10-. The Morgan fingerprint density at radius 2 is 1.79 bits per heavy atom. The van der Waals surface area contributed by atoms with Crippen molar-refractivity contribution >= 4 is 0 Å². The van der Waals surface area contributed by atoms with E-state index >= 15 is 0 Å². The number of unbranched alkanes of at least 4 members (excludes halogenated alkanes) is 2. The molecule has 0 aliphatic rings. The van der Waals surface area contributed by atoms with Crippen LogP contribution in [0.3, 0.4) is 0 Å². The van der Waals surface area contributed by atoms with Crippen molar-refractivity contribution in [3.63, 3.8) is 0 Å². The largest absolute Gasteiger partial charge is 0.212 e. The van der Waals surface area contributed by atoms with E-state index < -0.39 is 0 Å². The van der Waals surface area contributed by atoms with Gasteiger partial charge in [0.2, 0.25) is 0 Å². The van der Waals surface area contributed by atoms with Crippen LogP contribution < -0.4 is 0 Å². The predicted molar refractivity (Wildman–Crippen MR) is 57.3 cm³/mol. The average Bonchev–Trinajstić information content (AvgIpc) is 2.16. The molecule has 0 unspecified atom stereocenters. The van der Waals surface area contributed by atoms with Crippen molar-refractivity contribution in [2.45, 2.75) is 39.0 Å². The number of halogens is 2. The van der Waals surface area contributed by atoms with E-state index in [1.54, 1.807) is 0 Å². The van der Waals surface area contributed by atoms with Crippen LogP contribution in [0.15, 0.2) is 36.5 Å². The minimum Gasteiger partial charge on any atom is -0.212 e. The summed E-state index contributed by atoms with van der Waals surface area (Å²) in [5.74, 6) is -0.608. The number of hydrogen-bond donors (Lipinski definition) is 0. The third-order valence-electron chi connectivity index (χ3n) is 1.80. The molecule has 80 valence electrons. The Morgan fingerprint density at radius 1 is 1.14 bits per heavy atom. The molecule has 0 aromatic heterocycles. The highest BCUT2D eigenvalue weighted by atomic mass is 19.1. The average molecular weight is 200 g/mol. The molecule has 0 atom stereocenters. The fraction of sp³-hybridized carbons (Fsp3) is 0.500. The molecule has 0 saturated carbocycles. The molecule has 2 heteroatoms. The number of hydrogen-bond acceptors (Lipinski definition) is 0. The molecule has 0 aliphatic heterocycles. The lowest BCUT2D eigenvalue weighted by molar-refractivity contribution is 0.558. The summed E-state index contributed by atoms with van der Waals surface area (Å²) in [5, 5.41) is 0. The maximum atomic E-state index is 13.0. The summed E-state index contributed by atoms with van der Waals surface area (Å²) in [6, 6.07) is 0. The lowest BCUT2D eigenvalue weighted by atomic mass is 10.2. The zero-order valence-electron chi connectivity index (χ0n) is 8.73. The molecule has 0 heterocycles. The summed E-state index contributed by atoms with van der Waals surface area (Å²) in [5.41, 5.74) is 0. The van der Waals surface area contributed by atoms with E-state index in [1.807, 2.05) is 0 Å². The first-order chi connectivity index (χ1) is 6.70. The van der Waals surface area contributed by atoms with Gasteiger partial charge in [0.05, 0.1) is 5.83 Å². The van der Waals surface area contributed by atoms with Crippen molar-refractivity contribution in [3.05, 3.63) is 36.5 Å². The van der Waals surface area contributed by atoms with Gasteiger partial charge in [0, 0.05) is 6.42 Å². The summed E-state index contributed by atoms with van der Waals surface area (Å²) >= 11 is 0. The zero-order chi connectivity index (χ0) is 10.8. The summed E-state index contributed by atoms with van der Waals surface area (Å²) in [4.78, 5) is 0. The van der Waals surface area contributed by atoms with Gasteiger partial charge >= 0.3 is 0 Å². The van der Waals surface area contributed by atoms with Crippen LogP contribution in [0.2, 0.25) is 0 Å². The molecule has 0 saturated heterocycles. The molecule has 0 aliphatic carbocycles. The highest BCUT2D eigenvalue weighted by Crippen LogP contribution is 2.12. The fourth-order valence-electron chi connectivity index (χ4n) is 1.01. The summed E-state index contributed by atoms with van der Waals surface area (Å²) in [6.45, 7) is 5.45. The van der Waals surface area contributed by atoms with Crippen LogP contribution in [0.5, 0.6) is 0 Å². The normalized spacial score (nSPS) is 13.1. The lowest BCUT2D eigenvalue weighted by Crippen LogP contribution is -1.77. The molecule has 0 radical (unpaired) electrons. The van der Waals surface area contributed by atoms with E-state index in [0.29, 0.717) is 6.42 Å². The van der Waals surface area contributed by atoms with Gasteiger partial charge in [-0.15, -0.1) is 6.58 Å². The molecule has 0 aromatic carbocycles. The quantitative estimate of drug-likeness (QED) is 0.313. The van der Waals surface area contributed by atoms with Gasteiger partial charge < -0.3 is 0 Å². The smallest absolute Gasteiger partial charge is 0.104 e. The van der Waals surface area contributed by atoms with Crippen molar-refractivity contribution in [3.8, 4) is 0 Å². The molecule has 0 spiro atoms. The molecule has 0 N–H and O–H groups in total. The van der Waals surface area contributed by atoms with E-state index in [2.05, 4.69) is 13.5 Å². The molecule has 0 nitrogen and oxygen atoms in total. The lowest BCUT2D eigenvalue weighted by Gasteiger charge is -1.95. The third-order valence-corrected chi connectivity index (χ3v) is 1.80. The Kier molecular flexibility index (Phi) is 8.10. The van der Waals surface area contributed by atoms with E-state index in [1.165, 1.54) is 18.2 Å². The molecule has 0 amide bonds. The van der Waals surface area contributed by atoms with Crippen molar-refractivity contribution in [2.24, 2.45) is 0 Å². The van der Waals surface area contributed by atoms with Crippen LogP contribution in [0.4, 0.5) is 8.78 Å². The first-order valence-corrected chi connectivity index (χ1v) is 5.02. The summed E-state index contributed by atoms with van der Waals surface area (Å²) < 4.78 is 25.7. The van der Waals surface area contributed by atoms with Crippen LogP contribution in [0.1, 0.15) is 39.0 Å². The minimum atomic E-state index is -0.356. The minimum absolute atomic E-state index is 0.165. The van der Waals surface area contributed by atoms with Crippen LogP contribution in [-0.2, 0) is 0 Å². The highest BCUT2D eigenvalue weighted by molar-refractivity contribution is 5.12. The summed E-state index contributed by atoms with van der Waals surface area (Å²) in [7, 11) is 0. The first-order valence-electron chi connectivity index (χ1n) is 5.02. The maximum absolute atomic E-state index is 13.0. The third kappa shape index (κ3) is 7.71. The summed E-state index contributed by atoms with van der Waals surface area (Å²) in [6.07, 6.45) is 7.31. The Balaban J connectivity index is 3.85. The highest BCUT2D eigenvalue weighted by Gasteiger charge is 1.94. The molecule has 14 heavy (non-hydrogen) atoms. The van der Waals surface area contributed by atoms with Gasteiger partial charge in [0.25, 0.3) is 0 Å². The van der Waals surface area contributed by atoms with Gasteiger partial charge in [-0.05, 0) is 25.0 Å². The second-order valence-corrected chi connectivity index (χ2v) is 3.18. The van der Waals surface area contributed by atoms with Crippen LogP contribution in [0.25, 0.3) is 0 Å². The fourth-order valence-corrected chi connectivity index (χ4v) is 1.01. The number of allylic oxidation sites excluding steroid dienone is 5. The van der Waals surface area contributed by atoms with Crippen molar-refractivity contribution in [1.29, 1.82) is 0 Å². The van der Waals surface area contributed by atoms with Crippen molar-refractivity contribution in [1.82, 2.24) is 0 Å². The van der Waals surface area contributed by atoms with Gasteiger partial charge in [-0.25, -0.2) is 8.78 Å². The van der Waals surface area contributed by atoms with Crippen LogP contribution in [-0.4, -0.2) is 0 Å². The number of rotatable bonds is 7. The van der Waals surface area contributed by atoms with Crippen molar-refractivity contribution < 1.29 is 8.78 Å². The van der Waals surface area contributed by atoms with Crippen LogP contribution in [0, 0.1) is 0 Å². The Labute approximate surface area is 85.0 Å². The SMILES string of the molecule is C=CC/C(F)=C/C=C(\F)CCCCC. The first kappa shape index (κ1) is 13.1. The molecular formula is C12H18F2. The van der Waals surface area contributed by atoms with Crippen LogP contribution >= 0.6 is 0 Å². The second-order valence-electron chi connectivity index (χ2n) is 3.18. The topological polar surface area (TPSA) is 0 Å². The van der Waals surface area contributed by atoms with Gasteiger partial charge in [-0.2, -0.15) is 0 Å². The molecular weight excluding hydrogens is 182 g/mol. The molecule has 0 bridgehead atoms. The van der Waals surface area contributed by atoms with Crippen molar-refractivity contribution in [2.75, 3.05) is 0 Å². The maximum Gasteiger partial charge on any atom is 0.104 e. The molecule has 0 fully saturated rings. The monoisotopic (exact) mass is 200 g/mol. The van der Waals surface area contributed by atoms with Gasteiger partial charge in [-0.3, -0.25) is 0 Å². The van der Waals surface area contributed by atoms with E-state index in [0.717, 1.165) is 19.3 Å². The Hall–Kier alpha value is -0.920. The van der Waals surface area contributed by atoms with E-state index in [-0.39, 0.29) is 18.1 Å². The van der Waals surface area contributed by atoms with Gasteiger partial charge in [0.1, 0.15) is 5.83 Å². The second kappa shape index (κ2) is 8.67. The predicted octanol–water partition coefficient (Wildman–Crippen LogP) is 4.85.